The minimum absolute atomic E-state index is 0.0240. The third-order valence-corrected chi connectivity index (χ3v) is 6.45. The monoisotopic (exact) mass is 445 g/mol. The van der Waals surface area contributed by atoms with Gasteiger partial charge in [0.2, 0.25) is 0 Å². The topological polar surface area (TPSA) is 62.3 Å². The molecule has 3 aromatic rings. The van der Waals surface area contributed by atoms with Gasteiger partial charge in [0, 0.05) is 22.5 Å². The fourth-order valence-electron chi connectivity index (χ4n) is 4.59. The van der Waals surface area contributed by atoms with Gasteiger partial charge in [-0.2, -0.15) is 13.2 Å². The smallest absolute Gasteiger partial charge is 0.416 e. The van der Waals surface area contributed by atoms with E-state index in [0.717, 1.165) is 35.0 Å². The van der Waals surface area contributed by atoms with Gasteiger partial charge in [0.1, 0.15) is 12.4 Å². The van der Waals surface area contributed by atoms with Gasteiger partial charge in [0.25, 0.3) is 0 Å². The maximum absolute atomic E-state index is 13.6. The van der Waals surface area contributed by atoms with Gasteiger partial charge in [0.15, 0.2) is 0 Å². The van der Waals surface area contributed by atoms with Crippen LogP contribution in [0.1, 0.15) is 72.9 Å². The normalized spacial score (nSPS) is 16.8. The summed E-state index contributed by atoms with van der Waals surface area (Å²) in [7, 11) is 0. The van der Waals surface area contributed by atoms with E-state index in [1.54, 1.807) is 25.1 Å². The van der Waals surface area contributed by atoms with Crippen LogP contribution in [0.5, 0.6) is 5.75 Å². The maximum Gasteiger partial charge on any atom is 0.416 e. The van der Waals surface area contributed by atoms with Crippen molar-refractivity contribution in [3.8, 4) is 5.75 Å². The number of carbonyl (C=O) groups is 1. The Labute approximate surface area is 184 Å². The predicted octanol–water partition coefficient (Wildman–Crippen LogP) is 6.78. The summed E-state index contributed by atoms with van der Waals surface area (Å²) in [5.41, 5.74) is 3.16. The molecular weight excluding hydrogens is 419 g/mol. The van der Waals surface area contributed by atoms with Crippen LogP contribution >= 0.6 is 0 Å². The van der Waals surface area contributed by atoms with E-state index in [1.807, 2.05) is 19.1 Å². The van der Waals surface area contributed by atoms with Crippen LogP contribution in [0.2, 0.25) is 0 Å². The van der Waals surface area contributed by atoms with Crippen molar-refractivity contribution >= 4 is 16.9 Å². The van der Waals surface area contributed by atoms with Gasteiger partial charge < -0.3 is 14.8 Å². The number of H-pyrrole nitrogens is 1. The number of aryl methyl sites for hydroxylation is 1. The lowest BCUT2D eigenvalue weighted by Gasteiger charge is -2.18. The number of benzene rings is 2. The molecule has 0 bridgehead atoms. The van der Waals surface area contributed by atoms with Gasteiger partial charge in [-0.1, -0.05) is 26.0 Å². The molecule has 0 fully saturated rings. The number of fused-ring (bicyclic) bond motifs is 3. The van der Waals surface area contributed by atoms with Crippen molar-refractivity contribution in [1.82, 2.24) is 4.98 Å². The van der Waals surface area contributed by atoms with E-state index in [9.17, 15) is 18.0 Å². The van der Waals surface area contributed by atoms with Crippen molar-refractivity contribution < 1.29 is 27.8 Å². The average molecular weight is 445 g/mol. The maximum atomic E-state index is 13.6. The van der Waals surface area contributed by atoms with Crippen molar-refractivity contribution in [2.24, 2.45) is 0 Å². The number of carboxylic acid groups (broad SMARTS) is 1. The Hall–Kier alpha value is -2.96. The van der Waals surface area contributed by atoms with Crippen LogP contribution in [0.15, 0.2) is 36.4 Å². The van der Waals surface area contributed by atoms with Crippen LogP contribution in [-0.4, -0.2) is 16.1 Å². The van der Waals surface area contributed by atoms with E-state index in [-0.39, 0.29) is 24.9 Å². The summed E-state index contributed by atoms with van der Waals surface area (Å²) in [6, 6.07) is 9.96. The van der Waals surface area contributed by atoms with Crippen LogP contribution in [0.3, 0.4) is 0 Å². The van der Waals surface area contributed by atoms with Gasteiger partial charge in [-0.15, -0.1) is 0 Å². The van der Waals surface area contributed by atoms with Gasteiger partial charge in [-0.05, 0) is 66.1 Å². The molecular formula is C25H26F3NO3. The number of aliphatic carboxylic acids is 1. The Morgan fingerprint density at radius 3 is 2.72 bits per heavy atom. The molecule has 1 aromatic heterocycles. The summed E-state index contributed by atoms with van der Waals surface area (Å²) >= 11 is 0. The van der Waals surface area contributed by atoms with Crippen LogP contribution in [0.25, 0.3) is 10.9 Å². The summed E-state index contributed by atoms with van der Waals surface area (Å²) in [5, 5.41) is 10.1. The first-order chi connectivity index (χ1) is 15.2. The number of hydrogen-bond donors (Lipinski definition) is 2. The number of hydrogen-bond acceptors (Lipinski definition) is 2. The Balaban J connectivity index is 1.55. The van der Waals surface area contributed by atoms with Crippen molar-refractivity contribution in [2.45, 2.75) is 64.1 Å². The number of aromatic amines is 1. The van der Waals surface area contributed by atoms with E-state index in [2.05, 4.69) is 4.98 Å². The molecule has 2 unspecified atom stereocenters. The van der Waals surface area contributed by atoms with E-state index in [1.165, 1.54) is 6.07 Å². The number of ether oxygens (including phenoxy) is 1. The minimum atomic E-state index is -4.41. The lowest BCUT2D eigenvalue weighted by molar-refractivity contribution is -0.139. The van der Waals surface area contributed by atoms with Crippen molar-refractivity contribution in [1.29, 1.82) is 0 Å². The quantitative estimate of drug-likeness (QED) is 0.421. The van der Waals surface area contributed by atoms with Crippen LogP contribution in [0, 0.1) is 0 Å². The summed E-state index contributed by atoms with van der Waals surface area (Å²) in [6.07, 6.45) is -2.10. The number of alkyl halides is 3. The summed E-state index contributed by atoms with van der Waals surface area (Å²) in [4.78, 5) is 14.4. The summed E-state index contributed by atoms with van der Waals surface area (Å²) in [6.45, 7) is 3.70. The zero-order valence-electron chi connectivity index (χ0n) is 18.1. The number of carboxylic acids is 1. The molecule has 2 aromatic carbocycles. The van der Waals surface area contributed by atoms with Crippen LogP contribution < -0.4 is 4.74 Å². The number of aromatic nitrogens is 1. The van der Waals surface area contributed by atoms with Gasteiger partial charge in [0.05, 0.1) is 12.0 Å². The highest BCUT2D eigenvalue weighted by atomic mass is 19.4. The van der Waals surface area contributed by atoms with Crippen LogP contribution in [0.4, 0.5) is 13.2 Å². The fourth-order valence-corrected chi connectivity index (χ4v) is 4.59. The first-order valence-electron chi connectivity index (χ1n) is 10.9. The van der Waals surface area contributed by atoms with E-state index in [0.29, 0.717) is 23.3 Å². The largest absolute Gasteiger partial charge is 0.489 e. The Morgan fingerprint density at radius 1 is 1.25 bits per heavy atom. The molecule has 1 aliphatic rings. The molecule has 0 aliphatic heterocycles. The van der Waals surface area contributed by atoms with Gasteiger partial charge >= 0.3 is 12.1 Å². The standard InChI is InChI=1S/C25H26F3NO3/c1-3-14(2)18-7-4-15(10-21(18)25(26,27)28)13-32-17-6-9-22-20(12-17)19-8-5-16(11-23(30)31)24(19)29-22/h4,6-7,9-10,12,14,16,29H,3,5,8,11,13H2,1-2H3,(H,30,31). The average Bonchev–Trinajstić information content (AvgIpc) is 3.30. The van der Waals surface area contributed by atoms with E-state index < -0.39 is 17.7 Å². The van der Waals surface area contributed by atoms with Crippen molar-refractivity contribution in [2.75, 3.05) is 0 Å². The van der Waals surface area contributed by atoms with Gasteiger partial charge in [-0.25, -0.2) is 0 Å². The van der Waals surface area contributed by atoms with Crippen molar-refractivity contribution in [3.63, 3.8) is 0 Å². The zero-order valence-corrected chi connectivity index (χ0v) is 18.1. The number of nitrogens with one attached hydrogen (secondary N) is 1. The second kappa shape index (κ2) is 8.52. The molecule has 0 saturated carbocycles. The Bertz CT molecular complexity index is 1150. The molecule has 2 N–H and O–H groups in total. The minimum Gasteiger partial charge on any atom is -0.489 e. The summed E-state index contributed by atoms with van der Waals surface area (Å²) < 4.78 is 46.6. The highest BCUT2D eigenvalue weighted by Gasteiger charge is 2.34. The highest BCUT2D eigenvalue weighted by Crippen LogP contribution is 2.41. The summed E-state index contributed by atoms with van der Waals surface area (Å²) in [5.74, 6) is -0.447. The lowest BCUT2D eigenvalue weighted by atomic mass is 9.92. The number of rotatable bonds is 7. The second-order valence-electron chi connectivity index (χ2n) is 8.58. The second-order valence-corrected chi connectivity index (χ2v) is 8.58. The first-order valence-corrected chi connectivity index (χ1v) is 10.9. The highest BCUT2D eigenvalue weighted by molar-refractivity contribution is 5.87. The van der Waals surface area contributed by atoms with E-state index >= 15 is 0 Å². The third-order valence-electron chi connectivity index (χ3n) is 6.45. The fraction of sp³-hybridized carbons (Fsp3) is 0.400. The lowest BCUT2D eigenvalue weighted by Crippen LogP contribution is -2.12. The third kappa shape index (κ3) is 4.33. The predicted molar refractivity (Wildman–Crippen MR) is 116 cm³/mol. The van der Waals surface area contributed by atoms with Crippen molar-refractivity contribution in [3.05, 3.63) is 64.3 Å². The molecule has 4 nitrogen and oxygen atoms in total. The molecule has 0 saturated heterocycles. The first kappa shape index (κ1) is 22.2. The molecule has 1 heterocycles. The SMILES string of the molecule is CCC(C)c1ccc(COc2ccc3[nH]c4c(c3c2)CCC4CC(=O)O)cc1C(F)(F)F. The molecule has 4 rings (SSSR count). The molecule has 7 heteroatoms. The molecule has 0 amide bonds. The molecule has 170 valence electrons. The zero-order chi connectivity index (χ0) is 23.0. The molecule has 1 aliphatic carbocycles. The Morgan fingerprint density at radius 2 is 2.03 bits per heavy atom. The molecule has 2 atom stereocenters. The van der Waals surface area contributed by atoms with E-state index in [4.69, 9.17) is 9.84 Å². The molecule has 0 radical (unpaired) electrons. The van der Waals surface area contributed by atoms with Gasteiger partial charge in [-0.3, -0.25) is 4.79 Å². The molecule has 32 heavy (non-hydrogen) atoms. The molecule has 0 spiro atoms. The number of halogens is 3. The van der Waals surface area contributed by atoms with Crippen LogP contribution in [-0.2, 0) is 24.0 Å². The Kier molecular flexibility index (Phi) is 5.93.